The van der Waals surface area contributed by atoms with Gasteiger partial charge in [0, 0.05) is 25.9 Å². The molecule has 20 heavy (non-hydrogen) atoms. The number of aliphatic hydroxyl groups is 1. The van der Waals surface area contributed by atoms with Crippen LogP contribution in [0.2, 0.25) is 0 Å². The number of imidazole rings is 1. The van der Waals surface area contributed by atoms with Gasteiger partial charge in [-0.1, -0.05) is 6.07 Å². The summed E-state index contributed by atoms with van der Waals surface area (Å²) >= 11 is 0. The fourth-order valence-electron chi connectivity index (χ4n) is 2.04. The van der Waals surface area contributed by atoms with Gasteiger partial charge in [0.15, 0.2) is 5.69 Å². The highest BCUT2D eigenvalue weighted by Crippen LogP contribution is 2.14. The van der Waals surface area contributed by atoms with Crippen molar-refractivity contribution in [1.82, 2.24) is 19.6 Å². The predicted molar refractivity (Wildman–Crippen MR) is 76.6 cm³/mol. The first-order chi connectivity index (χ1) is 9.63. The molecular weight excluding hydrogens is 256 g/mol. The summed E-state index contributed by atoms with van der Waals surface area (Å²) in [6.07, 6.45) is 2.45. The molecule has 0 radical (unpaired) electrons. The molecule has 2 N–H and O–H groups in total. The lowest BCUT2D eigenvalue weighted by Crippen LogP contribution is -2.27. The Morgan fingerprint density at radius 2 is 2.25 bits per heavy atom. The summed E-state index contributed by atoms with van der Waals surface area (Å²) in [6.45, 7) is 1.15. The molecule has 108 valence electrons. The van der Waals surface area contributed by atoms with E-state index in [-0.39, 0.29) is 12.5 Å². The van der Waals surface area contributed by atoms with E-state index in [1.165, 1.54) is 0 Å². The minimum absolute atomic E-state index is 0.0655. The molecule has 0 aliphatic rings. The summed E-state index contributed by atoms with van der Waals surface area (Å²) in [5.41, 5.74) is 2.08. The molecule has 6 heteroatoms. The van der Waals surface area contributed by atoms with Gasteiger partial charge in [-0.15, -0.1) is 0 Å². The fourth-order valence-corrected chi connectivity index (χ4v) is 2.04. The summed E-state index contributed by atoms with van der Waals surface area (Å²) in [7, 11) is 3.91. The number of rotatable bonds is 6. The first-order valence-corrected chi connectivity index (χ1v) is 6.63. The van der Waals surface area contributed by atoms with Crippen LogP contribution in [-0.2, 0) is 6.54 Å². The van der Waals surface area contributed by atoms with Crippen LogP contribution >= 0.6 is 0 Å². The topological polar surface area (TPSA) is 69.9 Å². The summed E-state index contributed by atoms with van der Waals surface area (Å²) in [5.74, 6) is -0.195. The lowest BCUT2D eigenvalue weighted by Gasteiger charge is -2.11. The zero-order chi connectivity index (χ0) is 14.5. The van der Waals surface area contributed by atoms with E-state index in [2.05, 4.69) is 10.3 Å². The molecule has 0 spiro atoms. The number of pyridine rings is 1. The minimum Gasteiger partial charge on any atom is -0.396 e. The largest absolute Gasteiger partial charge is 0.396 e. The van der Waals surface area contributed by atoms with E-state index in [1.807, 2.05) is 47.8 Å². The Balaban J connectivity index is 2.33. The normalized spacial score (nSPS) is 11.2. The number of carbonyl (C=O) groups is 1. The van der Waals surface area contributed by atoms with Crippen molar-refractivity contribution in [2.24, 2.45) is 0 Å². The number of hydrogen-bond acceptors (Lipinski definition) is 4. The molecule has 0 aliphatic carbocycles. The third-order valence-corrected chi connectivity index (χ3v) is 2.93. The number of carbonyl (C=O) groups excluding carboxylic acids is 1. The van der Waals surface area contributed by atoms with E-state index < -0.39 is 0 Å². The van der Waals surface area contributed by atoms with E-state index in [4.69, 9.17) is 5.11 Å². The summed E-state index contributed by atoms with van der Waals surface area (Å²) in [4.78, 5) is 18.6. The quantitative estimate of drug-likeness (QED) is 0.754. The monoisotopic (exact) mass is 276 g/mol. The van der Waals surface area contributed by atoms with Gasteiger partial charge in [-0.3, -0.25) is 4.79 Å². The van der Waals surface area contributed by atoms with Gasteiger partial charge in [-0.05, 0) is 32.6 Å². The third kappa shape index (κ3) is 3.15. The Hall–Kier alpha value is -1.92. The maximum absolute atomic E-state index is 12.2. The molecule has 0 saturated carbocycles. The summed E-state index contributed by atoms with van der Waals surface area (Å²) in [6, 6.07) is 5.69. The second-order valence-corrected chi connectivity index (χ2v) is 4.91. The SMILES string of the molecule is CN(C)Cc1c(C(=O)NCCCO)nc2ccccn12. The van der Waals surface area contributed by atoms with Crippen molar-refractivity contribution in [3.8, 4) is 0 Å². The predicted octanol–water partition coefficient (Wildman–Crippen LogP) is 0.508. The standard InChI is InChI=1S/C14H20N4O2/c1-17(2)10-11-13(14(20)15-7-5-9-19)16-12-6-3-4-8-18(11)12/h3-4,6,8,19H,5,7,9-10H2,1-2H3,(H,15,20). The van der Waals surface area contributed by atoms with Crippen LogP contribution in [0.3, 0.4) is 0 Å². The number of aromatic nitrogens is 2. The highest BCUT2D eigenvalue weighted by Gasteiger charge is 2.18. The molecule has 2 heterocycles. The molecule has 2 rings (SSSR count). The highest BCUT2D eigenvalue weighted by molar-refractivity contribution is 5.94. The smallest absolute Gasteiger partial charge is 0.271 e. The van der Waals surface area contributed by atoms with Crippen molar-refractivity contribution in [2.45, 2.75) is 13.0 Å². The van der Waals surface area contributed by atoms with Crippen molar-refractivity contribution in [1.29, 1.82) is 0 Å². The molecule has 0 aromatic carbocycles. The number of nitrogens with zero attached hydrogens (tertiary/aromatic N) is 3. The molecule has 0 saturated heterocycles. The Bertz CT molecular complexity index is 592. The molecule has 1 amide bonds. The zero-order valence-electron chi connectivity index (χ0n) is 11.8. The molecule has 2 aromatic heterocycles. The Kier molecular flexibility index (Phi) is 4.70. The summed E-state index contributed by atoms with van der Waals surface area (Å²) < 4.78 is 1.93. The number of hydrogen-bond donors (Lipinski definition) is 2. The maximum Gasteiger partial charge on any atom is 0.271 e. The van der Waals surface area contributed by atoms with Crippen LogP contribution in [0.4, 0.5) is 0 Å². The van der Waals surface area contributed by atoms with Gasteiger partial charge in [-0.25, -0.2) is 4.98 Å². The van der Waals surface area contributed by atoms with Crippen LogP contribution in [0.5, 0.6) is 0 Å². The molecule has 0 aliphatic heterocycles. The van der Waals surface area contributed by atoms with Crippen LogP contribution in [0.15, 0.2) is 24.4 Å². The zero-order valence-corrected chi connectivity index (χ0v) is 11.8. The van der Waals surface area contributed by atoms with Crippen molar-refractivity contribution in [2.75, 3.05) is 27.2 Å². The van der Waals surface area contributed by atoms with Crippen LogP contribution in [-0.4, -0.2) is 52.5 Å². The molecule has 6 nitrogen and oxygen atoms in total. The fraction of sp³-hybridized carbons (Fsp3) is 0.429. The van der Waals surface area contributed by atoms with Gasteiger partial charge in [0.2, 0.25) is 0 Å². The second kappa shape index (κ2) is 6.49. The van der Waals surface area contributed by atoms with Gasteiger partial charge in [0.1, 0.15) is 5.65 Å². The van der Waals surface area contributed by atoms with Crippen LogP contribution < -0.4 is 5.32 Å². The van der Waals surface area contributed by atoms with Crippen molar-refractivity contribution in [3.63, 3.8) is 0 Å². The van der Waals surface area contributed by atoms with Crippen LogP contribution in [0.25, 0.3) is 5.65 Å². The van der Waals surface area contributed by atoms with E-state index in [9.17, 15) is 4.79 Å². The molecule has 2 aromatic rings. The Morgan fingerprint density at radius 3 is 2.95 bits per heavy atom. The van der Waals surface area contributed by atoms with Gasteiger partial charge >= 0.3 is 0 Å². The average molecular weight is 276 g/mol. The maximum atomic E-state index is 12.2. The number of nitrogens with one attached hydrogen (secondary N) is 1. The summed E-state index contributed by atoms with van der Waals surface area (Å²) in [5, 5.41) is 11.5. The number of fused-ring (bicyclic) bond motifs is 1. The van der Waals surface area contributed by atoms with Gasteiger partial charge in [0.25, 0.3) is 5.91 Å². The molecule has 0 atom stereocenters. The van der Waals surface area contributed by atoms with Crippen LogP contribution in [0.1, 0.15) is 22.6 Å². The lowest BCUT2D eigenvalue weighted by molar-refractivity contribution is 0.0945. The van der Waals surface area contributed by atoms with Gasteiger partial charge < -0.3 is 19.7 Å². The van der Waals surface area contributed by atoms with Crippen LogP contribution in [0, 0.1) is 0 Å². The lowest BCUT2D eigenvalue weighted by atomic mass is 10.3. The van der Waals surface area contributed by atoms with Gasteiger partial charge in [-0.2, -0.15) is 0 Å². The Labute approximate surface area is 118 Å². The molecular formula is C14H20N4O2. The third-order valence-electron chi connectivity index (χ3n) is 2.93. The van der Waals surface area contributed by atoms with Crippen molar-refractivity contribution >= 4 is 11.6 Å². The Morgan fingerprint density at radius 1 is 1.45 bits per heavy atom. The van der Waals surface area contributed by atoms with E-state index in [0.29, 0.717) is 25.2 Å². The van der Waals surface area contributed by atoms with Crippen molar-refractivity contribution < 1.29 is 9.90 Å². The van der Waals surface area contributed by atoms with E-state index in [1.54, 1.807) is 0 Å². The second-order valence-electron chi connectivity index (χ2n) is 4.91. The van der Waals surface area contributed by atoms with E-state index >= 15 is 0 Å². The number of amides is 1. The minimum atomic E-state index is -0.195. The van der Waals surface area contributed by atoms with Crippen molar-refractivity contribution in [3.05, 3.63) is 35.8 Å². The molecule has 0 fully saturated rings. The first kappa shape index (κ1) is 14.5. The molecule has 0 unspecified atom stereocenters. The highest BCUT2D eigenvalue weighted by atomic mass is 16.3. The van der Waals surface area contributed by atoms with E-state index in [0.717, 1.165) is 11.3 Å². The first-order valence-electron chi connectivity index (χ1n) is 6.63. The van der Waals surface area contributed by atoms with Gasteiger partial charge in [0.05, 0.1) is 5.69 Å². The average Bonchev–Trinajstić information content (AvgIpc) is 2.77. The number of aliphatic hydroxyl groups excluding tert-OH is 1. The molecule has 0 bridgehead atoms.